The molecule has 0 radical (unpaired) electrons. The Balaban J connectivity index is 1.46. The van der Waals surface area contributed by atoms with Crippen molar-refractivity contribution in [3.8, 4) is 11.5 Å². The van der Waals surface area contributed by atoms with Crippen LogP contribution in [0.15, 0.2) is 48.5 Å². The van der Waals surface area contributed by atoms with Crippen molar-refractivity contribution < 1.29 is 14.3 Å². The number of nitrogens with one attached hydrogen (secondary N) is 1. The molecule has 1 amide bonds. The maximum absolute atomic E-state index is 12.6. The summed E-state index contributed by atoms with van der Waals surface area (Å²) in [4.78, 5) is 15.1. The summed E-state index contributed by atoms with van der Waals surface area (Å²) in [6.45, 7) is 5.07. The molecule has 5 heteroatoms. The van der Waals surface area contributed by atoms with Crippen LogP contribution >= 0.6 is 0 Å². The first-order valence-electron chi connectivity index (χ1n) is 10.4. The number of carbonyl (C=O) groups excluding carboxylic acids is 1. The van der Waals surface area contributed by atoms with E-state index in [9.17, 15) is 4.79 Å². The summed E-state index contributed by atoms with van der Waals surface area (Å²) in [5.41, 5.74) is 2.37. The molecule has 0 bridgehead atoms. The van der Waals surface area contributed by atoms with Crippen LogP contribution in [0.25, 0.3) is 0 Å². The second-order valence-electron chi connectivity index (χ2n) is 7.82. The van der Waals surface area contributed by atoms with Gasteiger partial charge in [-0.3, -0.25) is 9.69 Å². The van der Waals surface area contributed by atoms with Crippen molar-refractivity contribution in [3.05, 3.63) is 59.7 Å². The highest BCUT2D eigenvalue weighted by atomic mass is 16.5. The number of likely N-dealkylation sites (tertiary alicyclic amines) is 1. The summed E-state index contributed by atoms with van der Waals surface area (Å²) in [6, 6.07) is 16.6. The molecule has 1 atom stereocenters. The number of amides is 1. The van der Waals surface area contributed by atoms with Crippen LogP contribution in [-0.4, -0.2) is 44.2 Å². The fourth-order valence-corrected chi connectivity index (χ4v) is 3.98. The Bertz CT molecular complexity index is 786. The Hall–Kier alpha value is -2.53. The number of carbonyl (C=O) groups is 1. The van der Waals surface area contributed by atoms with Gasteiger partial charge in [0.2, 0.25) is 5.91 Å². The van der Waals surface area contributed by atoms with Gasteiger partial charge in [-0.05, 0) is 36.0 Å². The van der Waals surface area contributed by atoms with E-state index in [0.29, 0.717) is 6.42 Å². The topological polar surface area (TPSA) is 50.8 Å². The molecule has 0 aliphatic carbocycles. The minimum atomic E-state index is 0.0778. The van der Waals surface area contributed by atoms with Crippen LogP contribution in [0.2, 0.25) is 0 Å². The van der Waals surface area contributed by atoms with Gasteiger partial charge in [0.05, 0.1) is 14.2 Å². The van der Waals surface area contributed by atoms with Gasteiger partial charge in [0.25, 0.3) is 0 Å². The van der Waals surface area contributed by atoms with Crippen LogP contribution in [0, 0.1) is 0 Å². The molecule has 1 N–H and O–H groups in total. The third-order valence-electron chi connectivity index (χ3n) is 5.66. The second-order valence-corrected chi connectivity index (χ2v) is 7.82. The molecule has 29 heavy (non-hydrogen) atoms. The summed E-state index contributed by atoms with van der Waals surface area (Å²) < 4.78 is 10.7. The van der Waals surface area contributed by atoms with Crippen molar-refractivity contribution >= 4 is 5.91 Å². The summed E-state index contributed by atoms with van der Waals surface area (Å²) in [6.07, 6.45) is 2.45. The van der Waals surface area contributed by atoms with E-state index in [-0.39, 0.29) is 17.9 Å². The van der Waals surface area contributed by atoms with Gasteiger partial charge in [-0.15, -0.1) is 0 Å². The lowest BCUT2D eigenvalue weighted by Gasteiger charge is -2.32. The number of nitrogens with zero attached hydrogens (tertiary/aromatic N) is 1. The molecule has 0 spiro atoms. The Morgan fingerprint density at radius 2 is 1.83 bits per heavy atom. The van der Waals surface area contributed by atoms with Crippen LogP contribution in [0.1, 0.15) is 43.2 Å². The highest BCUT2D eigenvalue weighted by Crippen LogP contribution is 2.32. The fraction of sp³-hybridized carbons (Fsp3) is 0.458. The van der Waals surface area contributed by atoms with Gasteiger partial charge in [-0.2, -0.15) is 0 Å². The Morgan fingerprint density at radius 3 is 2.48 bits per heavy atom. The van der Waals surface area contributed by atoms with Crippen molar-refractivity contribution in [2.45, 2.75) is 44.7 Å². The van der Waals surface area contributed by atoms with Crippen molar-refractivity contribution in [3.63, 3.8) is 0 Å². The number of rotatable bonds is 8. The average Bonchev–Trinajstić information content (AvgIpc) is 2.75. The monoisotopic (exact) mass is 396 g/mol. The smallest absolute Gasteiger partial charge is 0.220 e. The molecule has 0 saturated carbocycles. The lowest BCUT2D eigenvalue weighted by molar-refractivity contribution is -0.122. The molecule has 2 aromatic rings. The lowest BCUT2D eigenvalue weighted by Crippen LogP contribution is -2.44. The standard InChI is InChI=1S/C24H32N2O3/c1-18(22-10-9-21(28-2)16-23(22)29-3)15-24(27)25-20-11-13-26(14-12-20)17-19-7-5-4-6-8-19/h4-10,16,18,20H,11-15,17H2,1-3H3,(H,25,27). The number of hydrogen-bond acceptors (Lipinski definition) is 4. The van der Waals surface area contributed by atoms with E-state index in [1.807, 2.05) is 24.3 Å². The molecular weight excluding hydrogens is 364 g/mol. The van der Waals surface area contributed by atoms with Crippen LogP contribution in [0.4, 0.5) is 0 Å². The third kappa shape index (κ3) is 5.97. The third-order valence-corrected chi connectivity index (χ3v) is 5.66. The highest BCUT2D eigenvalue weighted by molar-refractivity contribution is 5.77. The Kier molecular flexibility index (Phi) is 7.53. The van der Waals surface area contributed by atoms with Gasteiger partial charge >= 0.3 is 0 Å². The molecule has 1 heterocycles. The molecule has 3 rings (SSSR count). The van der Waals surface area contributed by atoms with Crippen LogP contribution in [0.5, 0.6) is 11.5 Å². The van der Waals surface area contributed by atoms with Crippen molar-refractivity contribution in [1.29, 1.82) is 0 Å². The molecule has 1 aliphatic heterocycles. The van der Waals surface area contributed by atoms with Crippen molar-refractivity contribution in [2.75, 3.05) is 27.3 Å². The molecule has 5 nitrogen and oxygen atoms in total. The molecule has 0 aromatic heterocycles. The number of methoxy groups -OCH3 is 2. The number of benzene rings is 2. The quantitative estimate of drug-likeness (QED) is 0.733. The average molecular weight is 397 g/mol. The predicted octanol–water partition coefficient (Wildman–Crippen LogP) is 3.98. The van der Waals surface area contributed by atoms with Gasteiger partial charge in [0.15, 0.2) is 0 Å². The normalized spacial score (nSPS) is 16.2. The van der Waals surface area contributed by atoms with Gasteiger partial charge in [0.1, 0.15) is 11.5 Å². The summed E-state index contributed by atoms with van der Waals surface area (Å²) in [5, 5.41) is 3.23. The second kappa shape index (κ2) is 10.3. The maximum Gasteiger partial charge on any atom is 0.220 e. The SMILES string of the molecule is COc1ccc(C(C)CC(=O)NC2CCN(Cc3ccccc3)CC2)c(OC)c1. The van der Waals surface area contributed by atoms with E-state index in [4.69, 9.17) is 9.47 Å². The highest BCUT2D eigenvalue weighted by Gasteiger charge is 2.22. The van der Waals surface area contributed by atoms with Gasteiger partial charge in [-0.1, -0.05) is 43.3 Å². The van der Waals surface area contributed by atoms with E-state index in [1.165, 1.54) is 5.56 Å². The Labute approximate surface area is 174 Å². The zero-order valence-electron chi connectivity index (χ0n) is 17.7. The fourth-order valence-electron chi connectivity index (χ4n) is 3.98. The number of hydrogen-bond donors (Lipinski definition) is 1. The van der Waals surface area contributed by atoms with E-state index in [2.05, 4.69) is 41.4 Å². The van der Waals surface area contributed by atoms with Crippen LogP contribution < -0.4 is 14.8 Å². The molecule has 1 aliphatic rings. The zero-order valence-corrected chi connectivity index (χ0v) is 17.7. The summed E-state index contributed by atoms with van der Waals surface area (Å²) >= 11 is 0. The van der Waals surface area contributed by atoms with E-state index >= 15 is 0 Å². The van der Waals surface area contributed by atoms with Gasteiger partial charge < -0.3 is 14.8 Å². The largest absolute Gasteiger partial charge is 0.497 e. The molecule has 1 saturated heterocycles. The van der Waals surface area contributed by atoms with Gasteiger partial charge in [-0.25, -0.2) is 0 Å². The Morgan fingerprint density at radius 1 is 1.10 bits per heavy atom. The van der Waals surface area contributed by atoms with Gasteiger partial charge in [0, 0.05) is 38.2 Å². The van der Waals surface area contributed by atoms with Crippen LogP contribution in [0.3, 0.4) is 0 Å². The maximum atomic E-state index is 12.6. The molecular formula is C24H32N2O3. The number of piperidine rings is 1. The number of ether oxygens (including phenoxy) is 2. The first kappa shape index (κ1) is 21.2. The first-order valence-corrected chi connectivity index (χ1v) is 10.4. The van der Waals surface area contributed by atoms with E-state index in [0.717, 1.165) is 49.5 Å². The minimum absolute atomic E-state index is 0.0778. The van der Waals surface area contributed by atoms with E-state index in [1.54, 1.807) is 14.2 Å². The first-order chi connectivity index (χ1) is 14.1. The van der Waals surface area contributed by atoms with E-state index < -0.39 is 0 Å². The minimum Gasteiger partial charge on any atom is -0.497 e. The molecule has 156 valence electrons. The predicted molar refractivity (Wildman–Crippen MR) is 115 cm³/mol. The van der Waals surface area contributed by atoms with Crippen LogP contribution in [-0.2, 0) is 11.3 Å². The zero-order chi connectivity index (χ0) is 20.6. The molecule has 1 fully saturated rings. The van der Waals surface area contributed by atoms with Crippen molar-refractivity contribution in [1.82, 2.24) is 10.2 Å². The molecule has 2 aromatic carbocycles. The lowest BCUT2D eigenvalue weighted by atomic mass is 9.95. The van der Waals surface area contributed by atoms with Crippen molar-refractivity contribution in [2.24, 2.45) is 0 Å². The molecule has 1 unspecified atom stereocenters. The summed E-state index contributed by atoms with van der Waals surface area (Å²) in [5.74, 6) is 1.70. The summed E-state index contributed by atoms with van der Waals surface area (Å²) in [7, 11) is 3.28.